The predicted molar refractivity (Wildman–Crippen MR) is 63.6 cm³/mol. The van der Waals surface area contributed by atoms with E-state index >= 15 is 0 Å². The summed E-state index contributed by atoms with van der Waals surface area (Å²) in [5.74, 6) is -0.110. The molecule has 0 amide bonds. The minimum absolute atomic E-state index is 0.110. The summed E-state index contributed by atoms with van der Waals surface area (Å²) in [7, 11) is 0. The lowest BCUT2D eigenvalue weighted by molar-refractivity contribution is 0.522. The molecule has 0 aliphatic heterocycles. The van der Waals surface area contributed by atoms with Crippen LogP contribution in [-0.2, 0) is 11.8 Å². The second-order valence-electron chi connectivity index (χ2n) is 5.20. The maximum atomic E-state index is 13.8. The van der Waals surface area contributed by atoms with E-state index in [4.69, 9.17) is 0 Å². The van der Waals surface area contributed by atoms with Crippen molar-refractivity contribution >= 4 is 0 Å². The van der Waals surface area contributed by atoms with E-state index in [1.165, 1.54) is 0 Å². The zero-order valence-corrected chi connectivity index (χ0v) is 10.0. The second kappa shape index (κ2) is 4.18. The first-order valence-corrected chi connectivity index (χ1v) is 5.24. The highest BCUT2D eigenvalue weighted by molar-refractivity contribution is 5.31. The van der Waals surface area contributed by atoms with Crippen molar-refractivity contribution in [2.45, 2.75) is 39.5 Å². The van der Waals surface area contributed by atoms with E-state index < -0.39 is 0 Å². The molecule has 1 heteroatoms. The fourth-order valence-corrected chi connectivity index (χ4v) is 1.63. The van der Waals surface area contributed by atoms with Crippen molar-refractivity contribution in [3.63, 3.8) is 0 Å². The summed E-state index contributed by atoms with van der Waals surface area (Å²) in [6.45, 7) is 11.8. The highest BCUT2D eigenvalue weighted by atomic mass is 19.1. The Kier molecular flexibility index (Phi) is 3.33. The van der Waals surface area contributed by atoms with Crippen LogP contribution in [0.5, 0.6) is 0 Å². The smallest absolute Gasteiger partial charge is 0.127 e. The van der Waals surface area contributed by atoms with Crippen LogP contribution in [0.4, 0.5) is 4.39 Å². The van der Waals surface area contributed by atoms with Gasteiger partial charge in [-0.2, -0.15) is 0 Å². The molecule has 0 aliphatic carbocycles. The van der Waals surface area contributed by atoms with Gasteiger partial charge in [-0.25, -0.2) is 4.39 Å². The van der Waals surface area contributed by atoms with Crippen molar-refractivity contribution in [2.24, 2.45) is 0 Å². The molecule has 0 atom stereocenters. The monoisotopic (exact) mass is 206 g/mol. The predicted octanol–water partition coefficient (Wildman–Crippen LogP) is 4.24. The van der Waals surface area contributed by atoms with E-state index in [9.17, 15) is 4.39 Å². The van der Waals surface area contributed by atoms with Gasteiger partial charge in [-0.3, -0.25) is 0 Å². The van der Waals surface area contributed by atoms with Crippen LogP contribution in [0, 0.1) is 5.82 Å². The molecule has 1 rings (SSSR count). The highest BCUT2D eigenvalue weighted by Crippen LogP contribution is 2.25. The number of hydrogen-bond acceptors (Lipinski definition) is 0. The molecule has 15 heavy (non-hydrogen) atoms. The fraction of sp³-hybridized carbons (Fsp3) is 0.429. The van der Waals surface area contributed by atoms with Gasteiger partial charge in [-0.1, -0.05) is 45.1 Å². The number of hydrogen-bond donors (Lipinski definition) is 0. The molecule has 0 fully saturated rings. The zero-order chi connectivity index (χ0) is 11.6. The first kappa shape index (κ1) is 12.0. The molecule has 0 spiro atoms. The van der Waals surface area contributed by atoms with E-state index in [1.54, 1.807) is 6.07 Å². The van der Waals surface area contributed by atoms with Gasteiger partial charge in [0.1, 0.15) is 5.82 Å². The summed E-state index contributed by atoms with van der Waals surface area (Å²) in [6, 6.07) is 5.49. The largest absolute Gasteiger partial charge is 0.207 e. The molecule has 0 N–H and O–H groups in total. The quantitative estimate of drug-likeness (QED) is 0.635. The molecule has 0 bridgehead atoms. The number of benzene rings is 1. The first-order valence-electron chi connectivity index (χ1n) is 5.24. The first-order chi connectivity index (χ1) is 6.80. The van der Waals surface area contributed by atoms with Crippen LogP contribution < -0.4 is 0 Å². The van der Waals surface area contributed by atoms with E-state index in [0.717, 1.165) is 23.1 Å². The average Bonchev–Trinajstić information content (AvgIpc) is 1.99. The van der Waals surface area contributed by atoms with Crippen LogP contribution in [0.3, 0.4) is 0 Å². The number of allylic oxidation sites excluding steroid dienone is 1. The molecule has 0 unspecified atom stereocenters. The van der Waals surface area contributed by atoms with E-state index in [-0.39, 0.29) is 11.2 Å². The number of rotatable bonds is 2. The molecule has 0 aliphatic rings. The van der Waals surface area contributed by atoms with E-state index in [1.807, 2.05) is 39.8 Å². The lowest BCUT2D eigenvalue weighted by Crippen LogP contribution is -2.13. The van der Waals surface area contributed by atoms with Gasteiger partial charge in [0.15, 0.2) is 0 Å². The van der Waals surface area contributed by atoms with Gasteiger partial charge in [-0.15, -0.1) is 0 Å². The van der Waals surface area contributed by atoms with Gasteiger partial charge in [0.2, 0.25) is 0 Å². The van der Waals surface area contributed by atoms with Gasteiger partial charge in [0.25, 0.3) is 0 Å². The maximum absolute atomic E-state index is 13.8. The average molecular weight is 206 g/mol. The third kappa shape index (κ3) is 3.19. The second-order valence-corrected chi connectivity index (χ2v) is 5.20. The Bertz CT molecular complexity index is 369. The van der Waals surface area contributed by atoms with Crippen molar-refractivity contribution in [1.29, 1.82) is 0 Å². The Morgan fingerprint density at radius 2 is 1.93 bits per heavy atom. The lowest BCUT2D eigenvalue weighted by atomic mass is 9.86. The molecule has 0 nitrogen and oxygen atoms in total. The van der Waals surface area contributed by atoms with Crippen molar-refractivity contribution in [2.75, 3.05) is 0 Å². The topological polar surface area (TPSA) is 0 Å². The molecule has 0 saturated carbocycles. The Morgan fingerprint density at radius 1 is 1.33 bits per heavy atom. The molecular formula is C14H19F. The highest BCUT2D eigenvalue weighted by Gasteiger charge is 2.18. The molecule has 0 saturated heterocycles. The molecule has 82 valence electrons. The van der Waals surface area contributed by atoms with Gasteiger partial charge in [0, 0.05) is 0 Å². The standard InChI is InChI=1S/C14H19F/c1-10(2)8-11-6-7-12(13(15)9-11)14(3,4)5/h6-7,9H,1,8H2,2-5H3. The number of halogens is 1. The molecular weight excluding hydrogens is 187 g/mol. The van der Waals surface area contributed by atoms with Crippen LogP contribution in [0.25, 0.3) is 0 Å². The summed E-state index contributed by atoms with van der Waals surface area (Å²) >= 11 is 0. The molecule has 0 radical (unpaired) electrons. The molecule has 0 aromatic heterocycles. The van der Waals surface area contributed by atoms with E-state index in [2.05, 4.69) is 6.58 Å². The minimum Gasteiger partial charge on any atom is -0.207 e. The van der Waals surface area contributed by atoms with Gasteiger partial charge in [-0.05, 0) is 36.0 Å². The summed E-state index contributed by atoms with van der Waals surface area (Å²) < 4.78 is 13.8. The fourth-order valence-electron chi connectivity index (χ4n) is 1.63. The van der Waals surface area contributed by atoms with E-state index in [0.29, 0.717) is 0 Å². The Hall–Kier alpha value is -1.11. The Labute approximate surface area is 91.8 Å². The molecule has 1 aromatic carbocycles. The third-order valence-electron chi connectivity index (χ3n) is 2.35. The van der Waals surface area contributed by atoms with Crippen molar-refractivity contribution in [3.05, 3.63) is 47.3 Å². The minimum atomic E-state index is -0.133. The summed E-state index contributed by atoms with van der Waals surface area (Å²) in [5, 5.41) is 0. The summed E-state index contributed by atoms with van der Waals surface area (Å²) in [4.78, 5) is 0. The lowest BCUT2D eigenvalue weighted by Gasteiger charge is -2.20. The van der Waals surface area contributed by atoms with Crippen LogP contribution in [0.2, 0.25) is 0 Å². The SMILES string of the molecule is C=C(C)Cc1ccc(C(C)(C)C)c(F)c1. The van der Waals surface area contributed by atoms with Gasteiger partial charge in [0.05, 0.1) is 0 Å². The maximum Gasteiger partial charge on any atom is 0.127 e. The van der Waals surface area contributed by atoms with Crippen LogP contribution in [-0.4, -0.2) is 0 Å². The normalized spacial score (nSPS) is 11.5. The zero-order valence-electron chi connectivity index (χ0n) is 10.0. The van der Waals surface area contributed by atoms with Crippen molar-refractivity contribution in [3.8, 4) is 0 Å². The van der Waals surface area contributed by atoms with Crippen molar-refractivity contribution < 1.29 is 4.39 Å². The van der Waals surface area contributed by atoms with Crippen molar-refractivity contribution in [1.82, 2.24) is 0 Å². The van der Waals surface area contributed by atoms with Crippen LogP contribution in [0.15, 0.2) is 30.4 Å². The summed E-state index contributed by atoms with van der Waals surface area (Å²) in [6.07, 6.45) is 0.751. The van der Waals surface area contributed by atoms with Crippen LogP contribution >= 0.6 is 0 Å². The third-order valence-corrected chi connectivity index (χ3v) is 2.35. The van der Waals surface area contributed by atoms with Gasteiger partial charge < -0.3 is 0 Å². The Morgan fingerprint density at radius 3 is 2.33 bits per heavy atom. The van der Waals surface area contributed by atoms with Crippen LogP contribution in [0.1, 0.15) is 38.8 Å². The summed E-state index contributed by atoms with van der Waals surface area (Å²) in [5.41, 5.74) is 2.69. The van der Waals surface area contributed by atoms with Gasteiger partial charge >= 0.3 is 0 Å². The Balaban J connectivity index is 3.04. The molecule has 1 aromatic rings. The molecule has 0 heterocycles.